The summed E-state index contributed by atoms with van der Waals surface area (Å²) in [7, 11) is 0. The Hall–Kier alpha value is -5.03. The summed E-state index contributed by atoms with van der Waals surface area (Å²) in [6.45, 7) is 0.998. The van der Waals surface area contributed by atoms with E-state index >= 15 is 0 Å². The van der Waals surface area contributed by atoms with E-state index in [1.54, 1.807) is 36.4 Å². The lowest BCUT2D eigenvalue weighted by Crippen LogP contribution is -2.42. The quantitative estimate of drug-likeness (QED) is 0.107. The molecule has 230 valence electrons. The summed E-state index contributed by atoms with van der Waals surface area (Å²) < 4.78 is 10.5. The minimum absolute atomic E-state index is 0.0244. The van der Waals surface area contributed by atoms with Crippen molar-refractivity contribution < 1.29 is 38.2 Å². The largest absolute Gasteiger partial charge is 0.464 e. The van der Waals surface area contributed by atoms with Crippen molar-refractivity contribution in [2.24, 2.45) is 5.92 Å². The Labute approximate surface area is 264 Å². The number of fused-ring (bicyclic) bond motifs is 1. The predicted molar refractivity (Wildman–Crippen MR) is 169 cm³/mol. The van der Waals surface area contributed by atoms with Crippen LogP contribution in [0.4, 0.5) is 0 Å². The van der Waals surface area contributed by atoms with Gasteiger partial charge >= 0.3 is 11.9 Å². The number of thiol groups is 1. The summed E-state index contributed by atoms with van der Waals surface area (Å²) >= 11 is 4.15. The third kappa shape index (κ3) is 6.44. The summed E-state index contributed by atoms with van der Waals surface area (Å²) in [5.74, 6) is -3.94. The average molecular weight is 627 g/mol. The van der Waals surface area contributed by atoms with Gasteiger partial charge in [-0.25, -0.2) is 0 Å². The molecule has 4 amide bonds. The number of hydrogen-bond acceptors (Lipinski definition) is 9. The van der Waals surface area contributed by atoms with Gasteiger partial charge in [0.05, 0.1) is 25.4 Å². The van der Waals surface area contributed by atoms with Crippen LogP contribution >= 0.6 is 12.6 Å². The van der Waals surface area contributed by atoms with Crippen LogP contribution in [0, 0.1) is 12.8 Å². The molecule has 4 aromatic carbocycles. The predicted octanol–water partition coefficient (Wildman–Crippen LogP) is 4.22. The van der Waals surface area contributed by atoms with Gasteiger partial charge in [0.15, 0.2) is 0 Å². The van der Waals surface area contributed by atoms with Gasteiger partial charge in [-0.05, 0) is 46.8 Å². The summed E-state index contributed by atoms with van der Waals surface area (Å²) in [5.41, 5.74) is 2.03. The first-order chi connectivity index (χ1) is 21.7. The highest BCUT2D eigenvalue weighted by atomic mass is 32.1. The van der Waals surface area contributed by atoms with E-state index < -0.39 is 35.6 Å². The van der Waals surface area contributed by atoms with E-state index in [0.717, 1.165) is 31.5 Å². The number of amides is 4. The van der Waals surface area contributed by atoms with E-state index in [1.807, 2.05) is 43.3 Å². The van der Waals surface area contributed by atoms with Crippen LogP contribution in [0.3, 0.4) is 0 Å². The Kier molecular flexibility index (Phi) is 9.58. The van der Waals surface area contributed by atoms with Gasteiger partial charge in [-0.15, -0.1) is 0 Å². The molecule has 0 saturated heterocycles. The van der Waals surface area contributed by atoms with Crippen molar-refractivity contribution in [2.45, 2.75) is 13.3 Å². The maximum absolute atomic E-state index is 13.2. The fourth-order valence-corrected chi connectivity index (χ4v) is 5.72. The second kappa shape index (κ2) is 13.7. The molecule has 1 unspecified atom stereocenters. The number of hydrogen-bond donors (Lipinski definition) is 1. The molecule has 0 fully saturated rings. The molecule has 1 aliphatic heterocycles. The SMILES string of the molecule is Cc1cccc2cccc(C(=O)N(C=O)CCOC(=O)C(CS)CC(=O)OCCN3C(=O)c4cccc5cccc(c45)C3=O)c12. The molecular weight excluding hydrogens is 596 g/mol. The van der Waals surface area contributed by atoms with Crippen LogP contribution in [0.2, 0.25) is 0 Å². The van der Waals surface area contributed by atoms with Crippen molar-refractivity contribution >= 4 is 70.2 Å². The highest BCUT2D eigenvalue weighted by Crippen LogP contribution is 2.30. The van der Waals surface area contributed by atoms with Gasteiger partial charge in [0.1, 0.15) is 13.2 Å². The third-order valence-electron chi connectivity index (χ3n) is 7.71. The number of rotatable bonds is 12. The smallest absolute Gasteiger partial charge is 0.310 e. The first-order valence-corrected chi connectivity index (χ1v) is 14.9. The van der Waals surface area contributed by atoms with Gasteiger partial charge in [-0.2, -0.15) is 12.6 Å². The van der Waals surface area contributed by atoms with E-state index in [0.29, 0.717) is 28.5 Å². The molecule has 1 atom stereocenters. The molecule has 5 rings (SSSR count). The standard InChI is InChI=1S/C34H30N2O8S/c1-21-6-2-7-22-8-3-11-25(29(21)22)31(39)35(20-37)14-16-44-34(42)24(19-45)18-28(38)43-17-15-36-32(40)26-12-4-9-23-10-5-13-27(30(23)26)33(36)41/h2-13,20,24,45H,14-19H2,1H3. The molecule has 1 heterocycles. The molecule has 0 saturated carbocycles. The molecule has 1 aliphatic rings. The van der Waals surface area contributed by atoms with Crippen molar-refractivity contribution in [3.8, 4) is 0 Å². The molecule has 10 nitrogen and oxygen atoms in total. The van der Waals surface area contributed by atoms with Gasteiger partial charge in [0.25, 0.3) is 17.7 Å². The van der Waals surface area contributed by atoms with Crippen LogP contribution in [0.15, 0.2) is 72.8 Å². The van der Waals surface area contributed by atoms with E-state index in [1.165, 1.54) is 0 Å². The van der Waals surface area contributed by atoms with Crippen molar-refractivity contribution in [3.05, 3.63) is 95.1 Å². The molecule has 11 heteroatoms. The number of ether oxygens (including phenoxy) is 2. The number of aryl methyl sites for hydroxylation is 1. The highest BCUT2D eigenvalue weighted by molar-refractivity contribution is 7.80. The molecule has 0 aromatic heterocycles. The Morgan fingerprint density at radius 1 is 0.844 bits per heavy atom. The van der Waals surface area contributed by atoms with Gasteiger partial charge in [0.2, 0.25) is 6.41 Å². The van der Waals surface area contributed by atoms with Gasteiger partial charge in [0, 0.05) is 27.8 Å². The maximum atomic E-state index is 13.2. The van der Waals surface area contributed by atoms with Gasteiger partial charge in [-0.3, -0.25) is 38.6 Å². The highest BCUT2D eigenvalue weighted by Gasteiger charge is 2.33. The Morgan fingerprint density at radius 2 is 1.44 bits per heavy atom. The lowest BCUT2D eigenvalue weighted by atomic mass is 9.94. The minimum Gasteiger partial charge on any atom is -0.464 e. The van der Waals surface area contributed by atoms with Crippen LogP contribution in [0.25, 0.3) is 21.5 Å². The van der Waals surface area contributed by atoms with E-state index in [2.05, 4.69) is 12.6 Å². The lowest BCUT2D eigenvalue weighted by Gasteiger charge is -2.27. The van der Waals surface area contributed by atoms with Crippen molar-refractivity contribution in [2.75, 3.05) is 32.1 Å². The second-order valence-electron chi connectivity index (χ2n) is 10.5. The van der Waals surface area contributed by atoms with Crippen LogP contribution in [-0.4, -0.2) is 77.9 Å². The molecule has 0 N–H and O–H groups in total. The van der Waals surface area contributed by atoms with Crippen molar-refractivity contribution in [1.29, 1.82) is 0 Å². The summed E-state index contributed by atoms with van der Waals surface area (Å²) in [6, 6.07) is 21.3. The second-order valence-corrected chi connectivity index (χ2v) is 10.9. The van der Waals surface area contributed by atoms with Crippen LogP contribution < -0.4 is 0 Å². The Bertz CT molecular complexity index is 1780. The molecular formula is C34H30N2O8S. The van der Waals surface area contributed by atoms with Gasteiger partial charge < -0.3 is 9.47 Å². The van der Waals surface area contributed by atoms with E-state index in [9.17, 15) is 28.8 Å². The van der Waals surface area contributed by atoms with Crippen LogP contribution in [0.1, 0.15) is 43.1 Å². The number of carbonyl (C=O) groups is 6. The lowest BCUT2D eigenvalue weighted by molar-refractivity contribution is -0.154. The first-order valence-electron chi connectivity index (χ1n) is 14.3. The number of esters is 2. The number of nitrogens with zero attached hydrogens (tertiary/aromatic N) is 2. The Morgan fingerprint density at radius 3 is 2.07 bits per heavy atom. The molecule has 4 aromatic rings. The minimum atomic E-state index is -0.954. The number of benzene rings is 4. The molecule has 0 bridgehead atoms. The van der Waals surface area contributed by atoms with Crippen molar-refractivity contribution in [3.63, 3.8) is 0 Å². The zero-order chi connectivity index (χ0) is 32.1. The van der Waals surface area contributed by atoms with Crippen LogP contribution in [-0.2, 0) is 23.9 Å². The summed E-state index contributed by atoms with van der Waals surface area (Å²) in [5, 5.41) is 2.98. The number of carbonyl (C=O) groups excluding carboxylic acids is 6. The molecule has 45 heavy (non-hydrogen) atoms. The molecule has 0 spiro atoms. The normalized spacial score (nSPS) is 13.1. The zero-order valence-electron chi connectivity index (χ0n) is 24.4. The van der Waals surface area contributed by atoms with Crippen molar-refractivity contribution in [1.82, 2.24) is 9.80 Å². The fourth-order valence-electron chi connectivity index (χ4n) is 5.44. The average Bonchev–Trinajstić information content (AvgIpc) is 3.05. The summed E-state index contributed by atoms with van der Waals surface area (Å²) in [6.07, 6.45) is 0.0373. The zero-order valence-corrected chi connectivity index (χ0v) is 25.3. The van der Waals surface area contributed by atoms with Gasteiger partial charge in [-0.1, -0.05) is 54.6 Å². The van der Waals surface area contributed by atoms with Crippen LogP contribution in [0.5, 0.6) is 0 Å². The van der Waals surface area contributed by atoms with E-state index in [4.69, 9.17) is 9.47 Å². The fraction of sp³-hybridized carbons (Fsp3) is 0.235. The summed E-state index contributed by atoms with van der Waals surface area (Å²) in [4.78, 5) is 78.1. The Balaban J connectivity index is 1.11. The third-order valence-corrected chi connectivity index (χ3v) is 8.15. The molecule has 0 radical (unpaired) electrons. The monoisotopic (exact) mass is 626 g/mol. The van der Waals surface area contributed by atoms with E-state index in [-0.39, 0.29) is 38.5 Å². The maximum Gasteiger partial charge on any atom is 0.310 e. The molecule has 0 aliphatic carbocycles. The number of imide groups is 2. The first kappa shape index (κ1) is 31.4. The topological polar surface area (TPSA) is 127 Å².